The first-order valence-electron chi connectivity index (χ1n) is 10.3. The summed E-state index contributed by atoms with van der Waals surface area (Å²) in [5, 5.41) is 2.47. The number of carbonyl (C=O) groups is 3. The van der Waals surface area contributed by atoms with Gasteiger partial charge in [0.1, 0.15) is 0 Å². The largest absolute Gasteiger partial charge is 0.460 e. The highest BCUT2D eigenvalue weighted by Gasteiger charge is 2.32. The van der Waals surface area contributed by atoms with Gasteiger partial charge in [-0.05, 0) is 25.5 Å². The molecule has 0 aromatic carbocycles. The molecule has 0 unspecified atom stereocenters. The summed E-state index contributed by atoms with van der Waals surface area (Å²) in [7, 11) is -3.91. The Balaban J connectivity index is 1.83. The zero-order valence-corrected chi connectivity index (χ0v) is 19.3. The van der Waals surface area contributed by atoms with E-state index in [1.54, 1.807) is 11.8 Å². The number of rotatable bonds is 8. The third-order valence-electron chi connectivity index (χ3n) is 4.78. The van der Waals surface area contributed by atoms with Crippen LogP contribution in [-0.4, -0.2) is 74.7 Å². The maximum absolute atomic E-state index is 12.7. The number of esters is 1. The fourth-order valence-corrected chi connectivity index (χ4v) is 4.27. The van der Waals surface area contributed by atoms with Crippen molar-refractivity contribution in [1.29, 1.82) is 0 Å². The Hall–Kier alpha value is -2.40. The van der Waals surface area contributed by atoms with E-state index in [1.165, 1.54) is 16.4 Å². The molecule has 1 saturated heterocycles. The van der Waals surface area contributed by atoms with Crippen molar-refractivity contribution >= 4 is 27.8 Å². The van der Waals surface area contributed by atoms with Crippen LogP contribution in [0.5, 0.6) is 0 Å². The zero-order chi connectivity index (χ0) is 23.2. The first-order chi connectivity index (χ1) is 14.5. The molecule has 10 nitrogen and oxygen atoms in total. The van der Waals surface area contributed by atoms with E-state index in [0.717, 1.165) is 0 Å². The van der Waals surface area contributed by atoms with Crippen molar-refractivity contribution in [2.75, 3.05) is 39.3 Å². The molecule has 0 bridgehead atoms. The first kappa shape index (κ1) is 24.9. The third kappa shape index (κ3) is 6.54. The van der Waals surface area contributed by atoms with E-state index in [0.29, 0.717) is 13.0 Å². The van der Waals surface area contributed by atoms with Gasteiger partial charge in [0.15, 0.2) is 0 Å². The minimum Gasteiger partial charge on any atom is -0.460 e. The number of amides is 2. The summed E-state index contributed by atoms with van der Waals surface area (Å²) in [6.45, 7) is 8.45. The lowest BCUT2D eigenvalue weighted by Gasteiger charge is -2.33. The molecular weight excluding hydrogens is 426 g/mol. The molecule has 1 N–H and O–H groups in total. The fourth-order valence-electron chi connectivity index (χ4n) is 2.94. The molecule has 11 heteroatoms. The number of sulfonamides is 1. The van der Waals surface area contributed by atoms with Gasteiger partial charge in [-0.2, -0.15) is 4.31 Å². The molecule has 0 saturated carbocycles. The van der Waals surface area contributed by atoms with E-state index in [-0.39, 0.29) is 61.9 Å². The Labute approximate surface area is 182 Å². The van der Waals surface area contributed by atoms with E-state index in [4.69, 9.17) is 9.15 Å². The minimum atomic E-state index is -3.91. The quantitative estimate of drug-likeness (QED) is 0.460. The summed E-state index contributed by atoms with van der Waals surface area (Å²) < 4.78 is 36.7. The summed E-state index contributed by atoms with van der Waals surface area (Å²) in [6.07, 6.45) is 0.792. The number of carbonyl (C=O) groups excluding carboxylic acids is 3. The van der Waals surface area contributed by atoms with Crippen LogP contribution in [0.1, 0.15) is 51.1 Å². The molecule has 0 spiro atoms. The van der Waals surface area contributed by atoms with E-state index < -0.39 is 21.4 Å². The molecule has 2 rings (SSSR count). The van der Waals surface area contributed by atoms with Crippen molar-refractivity contribution in [2.24, 2.45) is 5.41 Å². The topological polar surface area (TPSA) is 126 Å². The molecule has 1 fully saturated rings. The van der Waals surface area contributed by atoms with Crippen LogP contribution >= 0.6 is 0 Å². The van der Waals surface area contributed by atoms with Gasteiger partial charge >= 0.3 is 5.97 Å². The molecule has 1 aliphatic rings. The molecule has 2 heterocycles. The molecular formula is C20H31N3O7S. The monoisotopic (exact) mass is 457 g/mol. The third-order valence-corrected chi connectivity index (χ3v) is 6.55. The Morgan fingerprint density at radius 1 is 1.13 bits per heavy atom. The van der Waals surface area contributed by atoms with Gasteiger partial charge in [-0.25, -0.2) is 13.2 Å². The Morgan fingerprint density at radius 3 is 2.35 bits per heavy atom. The maximum Gasteiger partial charge on any atom is 0.374 e. The number of piperazine rings is 1. The average Bonchev–Trinajstić information content (AvgIpc) is 3.22. The molecule has 0 radical (unpaired) electrons. The predicted molar refractivity (Wildman–Crippen MR) is 112 cm³/mol. The second kappa shape index (κ2) is 10.3. The van der Waals surface area contributed by atoms with Gasteiger partial charge in [-0.1, -0.05) is 20.8 Å². The van der Waals surface area contributed by atoms with E-state index in [2.05, 4.69) is 5.32 Å². The molecule has 31 heavy (non-hydrogen) atoms. The molecule has 0 atom stereocenters. The molecule has 174 valence electrons. The van der Waals surface area contributed by atoms with Crippen molar-refractivity contribution in [2.45, 2.75) is 45.6 Å². The van der Waals surface area contributed by atoms with Crippen LogP contribution in [-0.2, 0) is 24.3 Å². The van der Waals surface area contributed by atoms with Crippen molar-refractivity contribution < 1.29 is 32.0 Å². The van der Waals surface area contributed by atoms with Gasteiger partial charge in [0.05, 0.1) is 6.61 Å². The Kier molecular flexibility index (Phi) is 8.24. The average molecular weight is 458 g/mol. The smallest absolute Gasteiger partial charge is 0.374 e. The van der Waals surface area contributed by atoms with Gasteiger partial charge in [-0.3, -0.25) is 9.59 Å². The Morgan fingerprint density at radius 2 is 1.77 bits per heavy atom. The predicted octanol–water partition coefficient (Wildman–Crippen LogP) is 1.23. The van der Waals surface area contributed by atoms with E-state index >= 15 is 0 Å². The van der Waals surface area contributed by atoms with Gasteiger partial charge < -0.3 is 19.4 Å². The summed E-state index contributed by atoms with van der Waals surface area (Å²) in [5.41, 5.74) is -0.475. The number of hydrogen-bond acceptors (Lipinski definition) is 7. The number of nitrogens with zero attached hydrogens (tertiary/aromatic N) is 2. The van der Waals surface area contributed by atoms with Gasteiger partial charge in [0.2, 0.25) is 22.7 Å². The van der Waals surface area contributed by atoms with Crippen LogP contribution < -0.4 is 5.32 Å². The fraction of sp³-hybridized carbons (Fsp3) is 0.650. The highest BCUT2D eigenvalue weighted by Crippen LogP contribution is 2.21. The van der Waals surface area contributed by atoms with Gasteiger partial charge in [0.25, 0.3) is 10.0 Å². The summed E-state index contributed by atoms with van der Waals surface area (Å²) in [4.78, 5) is 37.5. The highest BCUT2D eigenvalue weighted by molar-refractivity contribution is 7.89. The number of ether oxygens (including phenoxy) is 1. The van der Waals surface area contributed by atoms with Crippen LogP contribution in [0, 0.1) is 5.41 Å². The van der Waals surface area contributed by atoms with Crippen LogP contribution in [0.3, 0.4) is 0 Å². The second-order valence-electron chi connectivity index (χ2n) is 8.23. The van der Waals surface area contributed by atoms with Crippen LogP contribution in [0.4, 0.5) is 0 Å². The highest BCUT2D eigenvalue weighted by atomic mass is 32.2. The first-order valence-corrected chi connectivity index (χ1v) is 11.7. The molecule has 1 aliphatic heterocycles. The minimum absolute atomic E-state index is 0.0668. The summed E-state index contributed by atoms with van der Waals surface area (Å²) in [5.74, 6) is -1.04. The van der Waals surface area contributed by atoms with Gasteiger partial charge in [-0.15, -0.1) is 0 Å². The van der Waals surface area contributed by atoms with Crippen molar-refractivity contribution in [3.05, 3.63) is 17.9 Å². The molecule has 1 aromatic heterocycles. The lowest BCUT2D eigenvalue weighted by Crippen LogP contribution is -2.50. The zero-order valence-electron chi connectivity index (χ0n) is 18.5. The van der Waals surface area contributed by atoms with E-state index in [9.17, 15) is 22.8 Å². The number of furan rings is 1. The molecule has 2 amide bonds. The molecule has 0 aliphatic carbocycles. The summed E-state index contributed by atoms with van der Waals surface area (Å²) >= 11 is 0. The molecule has 1 aromatic rings. The summed E-state index contributed by atoms with van der Waals surface area (Å²) in [6, 6.07) is 2.49. The van der Waals surface area contributed by atoms with Crippen molar-refractivity contribution in [3.8, 4) is 0 Å². The number of nitrogens with one attached hydrogen (secondary N) is 1. The maximum atomic E-state index is 12.7. The van der Waals surface area contributed by atoms with E-state index in [1.807, 2.05) is 20.8 Å². The normalized spacial score (nSPS) is 15.5. The van der Waals surface area contributed by atoms with Gasteiger partial charge in [0, 0.05) is 44.6 Å². The second-order valence-corrected chi connectivity index (χ2v) is 10.1. The van der Waals surface area contributed by atoms with Crippen molar-refractivity contribution in [3.63, 3.8) is 0 Å². The van der Waals surface area contributed by atoms with Crippen LogP contribution in [0.15, 0.2) is 21.6 Å². The van der Waals surface area contributed by atoms with Crippen LogP contribution in [0.2, 0.25) is 0 Å². The van der Waals surface area contributed by atoms with Crippen molar-refractivity contribution in [1.82, 2.24) is 14.5 Å². The van der Waals surface area contributed by atoms with Crippen LogP contribution in [0.25, 0.3) is 0 Å². The lowest BCUT2D eigenvalue weighted by atomic mass is 9.96. The standard InChI is InChI=1S/C20H31N3O7S/c1-5-29-18(25)15-8-9-17(30-15)31(27,28)23-13-11-22(12-14-23)16(24)7-6-10-21-19(26)20(2,3)4/h8-9H,5-7,10-14H2,1-4H3,(H,21,26). The SMILES string of the molecule is CCOC(=O)c1ccc(S(=O)(=O)N2CCN(C(=O)CCCNC(=O)C(C)(C)C)CC2)o1. The lowest BCUT2D eigenvalue weighted by molar-refractivity contribution is -0.133. The number of hydrogen-bond donors (Lipinski definition) is 1. The Bertz CT molecular complexity index is 894.